The predicted octanol–water partition coefficient (Wildman–Crippen LogP) is 3.77. The minimum atomic E-state index is -0.960. The number of aromatic hydroxyl groups is 1. The van der Waals surface area contributed by atoms with E-state index in [9.17, 15) is 9.90 Å². The van der Waals surface area contributed by atoms with Crippen molar-refractivity contribution >= 4 is 27.6 Å². The van der Waals surface area contributed by atoms with Gasteiger partial charge in [-0.15, -0.1) is 0 Å². The Balaban J connectivity index is 2.20. The third kappa shape index (κ3) is 3.11. The standard InChI is InChI=1S/C15H14BrNO3/c1-9-5-6-10(15(19)20)7-13(9)17-8-11-3-2-4-12(16)14(11)18/h2-7,17-18H,8H2,1H3,(H,19,20). The SMILES string of the molecule is Cc1ccc(C(=O)O)cc1NCc1cccc(Br)c1O. The summed E-state index contributed by atoms with van der Waals surface area (Å²) in [5, 5.41) is 22.0. The summed E-state index contributed by atoms with van der Waals surface area (Å²) >= 11 is 3.26. The van der Waals surface area contributed by atoms with Crippen molar-refractivity contribution in [1.29, 1.82) is 0 Å². The highest BCUT2D eigenvalue weighted by atomic mass is 79.9. The number of carbonyl (C=O) groups is 1. The normalized spacial score (nSPS) is 10.3. The number of phenols is 1. The van der Waals surface area contributed by atoms with Gasteiger partial charge in [0.25, 0.3) is 0 Å². The van der Waals surface area contributed by atoms with E-state index in [0.717, 1.165) is 16.8 Å². The maximum atomic E-state index is 11.0. The molecule has 4 nitrogen and oxygen atoms in total. The number of aryl methyl sites for hydroxylation is 1. The van der Waals surface area contributed by atoms with Crippen LogP contribution >= 0.6 is 15.9 Å². The topological polar surface area (TPSA) is 69.6 Å². The van der Waals surface area contributed by atoms with Gasteiger partial charge in [0.15, 0.2) is 0 Å². The molecule has 0 bridgehead atoms. The zero-order chi connectivity index (χ0) is 14.7. The van der Waals surface area contributed by atoms with E-state index in [2.05, 4.69) is 21.2 Å². The summed E-state index contributed by atoms with van der Waals surface area (Å²) < 4.78 is 0.632. The van der Waals surface area contributed by atoms with Crippen LogP contribution in [-0.4, -0.2) is 16.2 Å². The Morgan fingerprint density at radius 2 is 2.05 bits per heavy atom. The summed E-state index contributed by atoms with van der Waals surface area (Å²) in [5.74, 6) is -0.773. The third-order valence-corrected chi connectivity index (χ3v) is 3.66. The fourth-order valence-electron chi connectivity index (χ4n) is 1.84. The maximum Gasteiger partial charge on any atom is 0.335 e. The highest BCUT2D eigenvalue weighted by molar-refractivity contribution is 9.10. The van der Waals surface area contributed by atoms with Crippen molar-refractivity contribution in [3.8, 4) is 5.75 Å². The smallest absolute Gasteiger partial charge is 0.335 e. The highest BCUT2D eigenvalue weighted by Gasteiger charge is 2.08. The van der Waals surface area contributed by atoms with Gasteiger partial charge in [0.05, 0.1) is 10.0 Å². The summed E-state index contributed by atoms with van der Waals surface area (Å²) in [6, 6.07) is 10.3. The fourth-order valence-corrected chi connectivity index (χ4v) is 2.25. The lowest BCUT2D eigenvalue weighted by molar-refractivity contribution is 0.0697. The van der Waals surface area contributed by atoms with Crippen LogP contribution in [0.3, 0.4) is 0 Å². The monoisotopic (exact) mass is 335 g/mol. The average molecular weight is 336 g/mol. The van der Waals surface area contributed by atoms with Crippen LogP contribution in [0.2, 0.25) is 0 Å². The summed E-state index contributed by atoms with van der Waals surface area (Å²) in [7, 11) is 0. The molecule has 0 atom stereocenters. The maximum absolute atomic E-state index is 11.0. The Morgan fingerprint density at radius 3 is 2.75 bits per heavy atom. The van der Waals surface area contributed by atoms with Gasteiger partial charge in [0, 0.05) is 17.8 Å². The molecule has 2 aromatic carbocycles. The molecule has 0 aliphatic carbocycles. The molecule has 104 valence electrons. The molecule has 2 rings (SSSR count). The lowest BCUT2D eigenvalue weighted by Gasteiger charge is -2.12. The molecule has 0 radical (unpaired) electrons. The molecule has 0 aromatic heterocycles. The molecule has 0 heterocycles. The Kier molecular flexibility index (Phi) is 4.29. The summed E-state index contributed by atoms with van der Waals surface area (Å²) in [6.45, 7) is 2.31. The van der Waals surface area contributed by atoms with Crippen LogP contribution in [0.1, 0.15) is 21.5 Å². The van der Waals surface area contributed by atoms with Crippen LogP contribution in [0.25, 0.3) is 0 Å². The van der Waals surface area contributed by atoms with Crippen molar-refractivity contribution in [3.63, 3.8) is 0 Å². The number of phenolic OH excluding ortho intramolecular Hbond substituents is 1. The zero-order valence-electron chi connectivity index (χ0n) is 10.9. The Labute approximate surface area is 125 Å². The van der Waals surface area contributed by atoms with Crippen LogP contribution in [-0.2, 0) is 6.54 Å². The van der Waals surface area contributed by atoms with E-state index in [-0.39, 0.29) is 11.3 Å². The summed E-state index contributed by atoms with van der Waals surface area (Å²) in [6.07, 6.45) is 0. The van der Waals surface area contributed by atoms with E-state index in [0.29, 0.717) is 11.0 Å². The first-order valence-corrected chi connectivity index (χ1v) is 6.82. The molecule has 0 saturated heterocycles. The number of para-hydroxylation sites is 1. The number of nitrogens with one attached hydrogen (secondary N) is 1. The van der Waals surface area contributed by atoms with Crippen molar-refractivity contribution in [2.45, 2.75) is 13.5 Å². The van der Waals surface area contributed by atoms with E-state index >= 15 is 0 Å². The Hall–Kier alpha value is -2.01. The zero-order valence-corrected chi connectivity index (χ0v) is 12.4. The molecule has 0 aliphatic heterocycles. The molecule has 0 amide bonds. The molecule has 0 unspecified atom stereocenters. The first kappa shape index (κ1) is 14.4. The van der Waals surface area contributed by atoms with Crippen molar-refractivity contribution in [2.75, 3.05) is 5.32 Å². The van der Waals surface area contributed by atoms with E-state index in [1.165, 1.54) is 0 Å². The number of aromatic carboxylic acids is 1. The second kappa shape index (κ2) is 5.96. The Morgan fingerprint density at radius 1 is 1.30 bits per heavy atom. The van der Waals surface area contributed by atoms with Gasteiger partial charge >= 0.3 is 5.97 Å². The average Bonchev–Trinajstić information content (AvgIpc) is 2.41. The minimum absolute atomic E-state index is 0.187. The van der Waals surface area contributed by atoms with E-state index in [1.807, 2.05) is 19.1 Å². The van der Waals surface area contributed by atoms with Crippen LogP contribution < -0.4 is 5.32 Å². The number of halogens is 1. The first-order valence-electron chi connectivity index (χ1n) is 6.03. The lowest BCUT2D eigenvalue weighted by Crippen LogP contribution is -2.04. The predicted molar refractivity (Wildman–Crippen MR) is 81.3 cm³/mol. The molecule has 0 spiro atoms. The number of hydrogen-bond acceptors (Lipinski definition) is 3. The number of carboxylic acid groups (broad SMARTS) is 1. The van der Waals surface area contributed by atoms with Gasteiger partial charge in [-0.1, -0.05) is 18.2 Å². The lowest BCUT2D eigenvalue weighted by atomic mass is 10.1. The molecule has 5 heteroatoms. The molecule has 2 aromatic rings. The van der Waals surface area contributed by atoms with Gasteiger partial charge < -0.3 is 15.5 Å². The molecular weight excluding hydrogens is 322 g/mol. The molecular formula is C15H14BrNO3. The molecule has 0 saturated carbocycles. The van der Waals surface area contributed by atoms with Gasteiger partial charge in [0.2, 0.25) is 0 Å². The highest BCUT2D eigenvalue weighted by Crippen LogP contribution is 2.28. The minimum Gasteiger partial charge on any atom is -0.506 e. The van der Waals surface area contributed by atoms with Crippen molar-refractivity contribution in [2.24, 2.45) is 0 Å². The van der Waals surface area contributed by atoms with Crippen LogP contribution in [0, 0.1) is 6.92 Å². The van der Waals surface area contributed by atoms with E-state index in [1.54, 1.807) is 24.3 Å². The summed E-state index contributed by atoms with van der Waals surface area (Å²) in [4.78, 5) is 11.0. The molecule has 0 aliphatic rings. The van der Waals surface area contributed by atoms with Gasteiger partial charge in [-0.2, -0.15) is 0 Å². The van der Waals surface area contributed by atoms with Crippen molar-refractivity contribution < 1.29 is 15.0 Å². The van der Waals surface area contributed by atoms with Gasteiger partial charge in [0.1, 0.15) is 5.75 Å². The van der Waals surface area contributed by atoms with Crippen LogP contribution in [0.5, 0.6) is 5.75 Å². The van der Waals surface area contributed by atoms with Crippen LogP contribution in [0.4, 0.5) is 5.69 Å². The van der Waals surface area contributed by atoms with Gasteiger partial charge in [-0.3, -0.25) is 0 Å². The molecule has 3 N–H and O–H groups in total. The second-order valence-corrected chi connectivity index (χ2v) is 5.29. The van der Waals surface area contributed by atoms with Crippen molar-refractivity contribution in [1.82, 2.24) is 0 Å². The first-order chi connectivity index (χ1) is 9.49. The number of benzene rings is 2. The number of anilines is 1. The van der Waals surface area contributed by atoms with Gasteiger partial charge in [-0.05, 0) is 46.6 Å². The molecule has 20 heavy (non-hydrogen) atoms. The van der Waals surface area contributed by atoms with Gasteiger partial charge in [-0.25, -0.2) is 4.79 Å². The third-order valence-electron chi connectivity index (χ3n) is 3.02. The fraction of sp³-hybridized carbons (Fsp3) is 0.133. The van der Waals surface area contributed by atoms with E-state index < -0.39 is 5.97 Å². The number of hydrogen-bond donors (Lipinski definition) is 3. The molecule has 0 fully saturated rings. The largest absolute Gasteiger partial charge is 0.506 e. The summed E-state index contributed by atoms with van der Waals surface area (Å²) in [5.41, 5.74) is 2.66. The second-order valence-electron chi connectivity index (χ2n) is 4.44. The van der Waals surface area contributed by atoms with E-state index in [4.69, 9.17) is 5.11 Å². The quantitative estimate of drug-likeness (QED) is 0.795. The number of carboxylic acids is 1. The van der Waals surface area contributed by atoms with Crippen LogP contribution in [0.15, 0.2) is 40.9 Å². The number of rotatable bonds is 4. The van der Waals surface area contributed by atoms with Crippen molar-refractivity contribution in [3.05, 3.63) is 57.6 Å². The Bertz CT molecular complexity index is 656.